The van der Waals surface area contributed by atoms with Crippen LogP contribution in [0.5, 0.6) is 0 Å². The molecule has 1 aliphatic rings. The number of amides is 1. The van der Waals surface area contributed by atoms with Crippen molar-refractivity contribution >= 4 is 29.3 Å². The highest BCUT2D eigenvalue weighted by Crippen LogP contribution is 2.38. The van der Waals surface area contributed by atoms with Crippen LogP contribution < -0.4 is 0 Å². The van der Waals surface area contributed by atoms with E-state index in [4.69, 9.17) is 11.6 Å². The summed E-state index contributed by atoms with van der Waals surface area (Å²) in [5.41, 5.74) is 0.818. The topological polar surface area (TPSA) is 20.3 Å². The van der Waals surface area contributed by atoms with Gasteiger partial charge in [0.1, 0.15) is 16.6 Å². The minimum atomic E-state index is -0.537. The highest BCUT2D eigenvalue weighted by molar-refractivity contribution is 7.99. The van der Waals surface area contributed by atoms with Crippen molar-refractivity contribution in [3.8, 4) is 0 Å². The summed E-state index contributed by atoms with van der Waals surface area (Å²) in [5, 5.41) is -0.649. The molecule has 0 spiro atoms. The minimum absolute atomic E-state index is 0.0917. The number of hydrogen-bond acceptors (Lipinski definition) is 2. The second-order valence-corrected chi connectivity index (χ2v) is 5.77. The Balaban J connectivity index is 2.23. The number of hydrogen-bond donors (Lipinski definition) is 0. The Bertz CT molecular complexity index is 427. The summed E-state index contributed by atoms with van der Waals surface area (Å²) in [7, 11) is 0. The molecule has 17 heavy (non-hydrogen) atoms. The van der Waals surface area contributed by atoms with Gasteiger partial charge in [-0.05, 0) is 24.6 Å². The number of rotatable bonds is 2. The van der Waals surface area contributed by atoms with Crippen molar-refractivity contribution in [1.82, 2.24) is 4.90 Å². The van der Waals surface area contributed by atoms with Gasteiger partial charge in [-0.3, -0.25) is 4.79 Å². The first-order valence-corrected chi connectivity index (χ1v) is 6.89. The Morgan fingerprint density at radius 3 is 3.06 bits per heavy atom. The lowest BCUT2D eigenvalue weighted by Crippen LogP contribution is -2.35. The molecule has 1 amide bonds. The lowest BCUT2D eigenvalue weighted by atomic mass is 10.2. The van der Waals surface area contributed by atoms with Gasteiger partial charge >= 0.3 is 0 Å². The highest BCUT2D eigenvalue weighted by Gasteiger charge is 2.32. The van der Waals surface area contributed by atoms with Gasteiger partial charge < -0.3 is 4.90 Å². The molecular weight excluding hydrogens is 261 g/mol. The number of nitrogens with zero attached hydrogens (tertiary/aromatic N) is 1. The lowest BCUT2D eigenvalue weighted by Gasteiger charge is -2.25. The first-order valence-electron chi connectivity index (χ1n) is 5.41. The number of thioether (sulfide) groups is 1. The minimum Gasteiger partial charge on any atom is -0.324 e. The fourth-order valence-corrected chi connectivity index (χ4v) is 3.24. The normalized spacial score (nSPS) is 21.6. The van der Waals surface area contributed by atoms with E-state index in [1.165, 1.54) is 12.1 Å². The molecule has 1 saturated heterocycles. The lowest BCUT2D eigenvalue weighted by molar-refractivity contribution is -0.130. The number of carbonyl (C=O) groups excluding carboxylic acids is 1. The Morgan fingerprint density at radius 2 is 2.41 bits per heavy atom. The molecule has 2 atom stereocenters. The maximum atomic E-state index is 13.2. The molecule has 5 heteroatoms. The molecule has 0 aliphatic carbocycles. The summed E-state index contributed by atoms with van der Waals surface area (Å²) in [5.74, 6) is 0.489. The summed E-state index contributed by atoms with van der Waals surface area (Å²) in [6, 6.07) is 6.38. The average Bonchev–Trinajstić information content (AvgIpc) is 2.76. The molecule has 0 bridgehead atoms. The van der Waals surface area contributed by atoms with Crippen LogP contribution in [0.15, 0.2) is 24.3 Å². The fourth-order valence-electron chi connectivity index (χ4n) is 1.86. The van der Waals surface area contributed by atoms with E-state index in [1.54, 1.807) is 29.7 Å². The van der Waals surface area contributed by atoms with Crippen molar-refractivity contribution in [2.24, 2.45) is 0 Å². The maximum absolute atomic E-state index is 13.2. The molecule has 1 aliphatic heterocycles. The van der Waals surface area contributed by atoms with Crippen LogP contribution in [0.2, 0.25) is 0 Å². The van der Waals surface area contributed by atoms with Gasteiger partial charge in [0.2, 0.25) is 5.91 Å². The molecule has 92 valence electrons. The van der Waals surface area contributed by atoms with Crippen molar-refractivity contribution in [3.05, 3.63) is 35.6 Å². The summed E-state index contributed by atoms with van der Waals surface area (Å²) < 4.78 is 13.2. The maximum Gasteiger partial charge on any atom is 0.241 e. The summed E-state index contributed by atoms with van der Waals surface area (Å²) >= 11 is 7.46. The third-order valence-corrected chi connectivity index (χ3v) is 4.10. The van der Waals surface area contributed by atoms with E-state index < -0.39 is 5.38 Å². The van der Waals surface area contributed by atoms with E-state index in [9.17, 15) is 9.18 Å². The molecule has 2 nitrogen and oxygen atoms in total. The van der Waals surface area contributed by atoms with Gasteiger partial charge in [0, 0.05) is 12.3 Å². The van der Waals surface area contributed by atoms with Crippen LogP contribution in [-0.2, 0) is 4.79 Å². The second-order valence-electron chi connectivity index (χ2n) is 3.93. The third kappa shape index (κ3) is 2.75. The zero-order valence-electron chi connectivity index (χ0n) is 9.40. The highest BCUT2D eigenvalue weighted by atomic mass is 35.5. The molecule has 1 fully saturated rings. The largest absolute Gasteiger partial charge is 0.324 e. The molecule has 0 radical (unpaired) electrons. The smallest absolute Gasteiger partial charge is 0.241 e. The van der Waals surface area contributed by atoms with Crippen molar-refractivity contribution in [2.45, 2.75) is 17.7 Å². The van der Waals surface area contributed by atoms with Gasteiger partial charge in [-0.25, -0.2) is 4.39 Å². The van der Waals surface area contributed by atoms with Gasteiger partial charge in [0.15, 0.2) is 0 Å². The average molecular weight is 274 g/mol. The van der Waals surface area contributed by atoms with Crippen molar-refractivity contribution in [1.29, 1.82) is 0 Å². The van der Waals surface area contributed by atoms with Crippen LogP contribution in [0, 0.1) is 5.82 Å². The Morgan fingerprint density at radius 1 is 1.65 bits per heavy atom. The summed E-state index contributed by atoms with van der Waals surface area (Å²) in [6.45, 7) is 2.33. The van der Waals surface area contributed by atoms with Crippen LogP contribution in [0.1, 0.15) is 17.9 Å². The van der Waals surface area contributed by atoms with Gasteiger partial charge in [-0.1, -0.05) is 12.1 Å². The predicted molar refractivity (Wildman–Crippen MR) is 68.6 cm³/mol. The molecule has 0 unspecified atom stereocenters. The fraction of sp³-hybridized carbons (Fsp3) is 0.417. The van der Waals surface area contributed by atoms with Crippen molar-refractivity contribution in [2.75, 3.05) is 12.3 Å². The number of halogens is 2. The first kappa shape index (κ1) is 12.7. The van der Waals surface area contributed by atoms with Gasteiger partial charge in [-0.2, -0.15) is 0 Å². The van der Waals surface area contributed by atoms with E-state index >= 15 is 0 Å². The van der Waals surface area contributed by atoms with E-state index in [0.29, 0.717) is 6.54 Å². The van der Waals surface area contributed by atoms with E-state index in [1.807, 2.05) is 6.07 Å². The summed E-state index contributed by atoms with van der Waals surface area (Å²) in [6.07, 6.45) is 0. The number of carbonyl (C=O) groups is 1. The Labute approximate surface area is 109 Å². The van der Waals surface area contributed by atoms with Gasteiger partial charge in [0.05, 0.1) is 0 Å². The zero-order valence-corrected chi connectivity index (χ0v) is 11.0. The quantitative estimate of drug-likeness (QED) is 0.772. The Hall–Kier alpha value is -0.740. The molecule has 0 saturated carbocycles. The van der Waals surface area contributed by atoms with Crippen molar-refractivity contribution < 1.29 is 9.18 Å². The SMILES string of the molecule is C[C@H](Cl)C(=O)N1CCS[C@@H]1c1cccc(F)c1. The summed E-state index contributed by atoms with van der Waals surface area (Å²) in [4.78, 5) is 13.6. The molecule has 0 aromatic heterocycles. The number of alkyl halides is 1. The van der Waals surface area contributed by atoms with E-state index in [2.05, 4.69) is 0 Å². The van der Waals surface area contributed by atoms with E-state index in [0.717, 1.165) is 11.3 Å². The van der Waals surface area contributed by atoms with Gasteiger partial charge in [0.25, 0.3) is 0 Å². The first-order chi connectivity index (χ1) is 8.09. The van der Waals surface area contributed by atoms with Gasteiger partial charge in [-0.15, -0.1) is 23.4 Å². The molecule has 1 heterocycles. The molecule has 2 rings (SSSR count). The zero-order chi connectivity index (χ0) is 12.4. The van der Waals surface area contributed by atoms with E-state index in [-0.39, 0.29) is 17.1 Å². The van der Waals surface area contributed by atoms with Crippen molar-refractivity contribution in [3.63, 3.8) is 0 Å². The predicted octanol–water partition coefficient (Wildman–Crippen LogP) is 3.03. The van der Waals surface area contributed by atoms with Crippen LogP contribution in [0.4, 0.5) is 4.39 Å². The second kappa shape index (κ2) is 5.27. The van der Waals surface area contributed by atoms with Crippen LogP contribution in [0.25, 0.3) is 0 Å². The Kier molecular flexibility index (Phi) is 3.94. The molecule has 1 aromatic carbocycles. The standard InChI is InChI=1S/C12H13ClFNOS/c1-8(13)11(16)15-5-6-17-12(15)9-3-2-4-10(14)7-9/h2-4,7-8,12H,5-6H2,1H3/t8-,12+/m0/s1. The third-order valence-electron chi connectivity index (χ3n) is 2.65. The van der Waals surface area contributed by atoms with Crippen LogP contribution >= 0.6 is 23.4 Å². The molecule has 1 aromatic rings. The number of benzene rings is 1. The molecule has 0 N–H and O–H groups in total. The monoisotopic (exact) mass is 273 g/mol. The van der Waals surface area contributed by atoms with Crippen LogP contribution in [-0.4, -0.2) is 28.5 Å². The molecular formula is C12H13ClFNOS. The van der Waals surface area contributed by atoms with Crippen LogP contribution in [0.3, 0.4) is 0 Å².